The fourth-order valence-electron chi connectivity index (χ4n) is 3.03. The van der Waals surface area contributed by atoms with Crippen molar-refractivity contribution in [1.82, 2.24) is 4.98 Å². The van der Waals surface area contributed by atoms with Crippen LogP contribution < -0.4 is 10.9 Å². The summed E-state index contributed by atoms with van der Waals surface area (Å²) in [7, 11) is -4.01. The minimum Gasteiger partial charge on any atom is -0.478 e. The van der Waals surface area contributed by atoms with Crippen molar-refractivity contribution in [2.45, 2.75) is 6.42 Å². The van der Waals surface area contributed by atoms with Crippen LogP contribution in [0, 0.1) is 0 Å². The van der Waals surface area contributed by atoms with Crippen LogP contribution >= 0.6 is 0 Å². The van der Waals surface area contributed by atoms with Gasteiger partial charge in [0.25, 0.3) is 10.1 Å². The fourth-order valence-corrected chi connectivity index (χ4v) is 3.54. The lowest BCUT2D eigenvalue weighted by molar-refractivity contribution is 0.0697. The Morgan fingerprint density at radius 1 is 1.06 bits per heavy atom. The summed E-state index contributed by atoms with van der Waals surface area (Å²) >= 11 is 0. The quantitative estimate of drug-likeness (QED) is 0.220. The van der Waals surface area contributed by atoms with Gasteiger partial charge in [0.15, 0.2) is 5.58 Å². The first-order valence-corrected chi connectivity index (χ1v) is 10.7. The van der Waals surface area contributed by atoms with Crippen molar-refractivity contribution >= 4 is 43.8 Å². The second-order valence-corrected chi connectivity index (χ2v) is 8.35. The van der Waals surface area contributed by atoms with Crippen molar-refractivity contribution in [2.24, 2.45) is 0 Å². The number of anilines is 1. The zero-order chi connectivity index (χ0) is 22.2. The molecule has 0 aliphatic heterocycles. The average Bonchev–Trinajstić information content (AvgIpc) is 3.12. The molecule has 0 unspecified atom stereocenters. The van der Waals surface area contributed by atoms with Crippen molar-refractivity contribution in [1.29, 1.82) is 0 Å². The van der Waals surface area contributed by atoms with E-state index in [2.05, 4.69) is 10.3 Å². The Bertz CT molecular complexity index is 1470. The van der Waals surface area contributed by atoms with E-state index in [1.54, 1.807) is 24.3 Å². The van der Waals surface area contributed by atoms with Gasteiger partial charge in [-0.05, 0) is 42.8 Å². The Labute approximate surface area is 174 Å². The SMILES string of the molecule is O=C(O)c1ccc2oc(-c3cc4ccc(NCCCS(=O)(=O)O)cc4oc3=O)nc2c1. The van der Waals surface area contributed by atoms with Crippen molar-refractivity contribution in [3.8, 4) is 11.5 Å². The summed E-state index contributed by atoms with van der Waals surface area (Å²) in [6, 6.07) is 10.8. The monoisotopic (exact) mass is 444 g/mol. The molecule has 31 heavy (non-hydrogen) atoms. The molecule has 0 fully saturated rings. The fraction of sp³-hybridized carbons (Fsp3) is 0.150. The number of oxazole rings is 1. The van der Waals surface area contributed by atoms with Crippen LogP contribution in [0.3, 0.4) is 0 Å². The summed E-state index contributed by atoms with van der Waals surface area (Å²) in [4.78, 5) is 27.8. The number of carbonyl (C=O) groups is 1. The molecule has 2 heterocycles. The number of aromatic nitrogens is 1. The van der Waals surface area contributed by atoms with Crippen LogP contribution in [0.5, 0.6) is 0 Å². The van der Waals surface area contributed by atoms with Gasteiger partial charge >= 0.3 is 11.6 Å². The average molecular weight is 444 g/mol. The molecule has 10 nitrogen and oxygen atoms in total. The zero-order valence-corrected chi connectivity index (χ0v) is 16.7. The number of fused-ring (bicyclic) bond motifs is 2. The van der Waals surface area contributed by atoms with Crippen LogP contribution in [0.15, 0.2) is 56.1 Å². The molecule has 4 aromatic rings. The van der Waals surface area contributed by atoms with Crippen molar-refractivity contribution in [3.63, 3.8) is 0 Å². The van der Waals surface area contributed by atoms with Crippen molar-refractivity contribution < 1.29 is 31.7 Å². The Morgan fingerprint density at radius 3 is 2.61 bits per heavy atom. The first kappa shape index (κ1) is 20.6. The molecule has 0 atom stereocenters. The van der Waals surface area contributed by atoms with Gasteiger partial charge in [-0.2, -0.15) is 8.42 Å². The van der Waals surface area contributed by atoms with Crippen molar-refractivity contribution in [2.75, 3.05) is 17.6 Å². The molecule has 0 radical (unpaired) electrons. The van der Waals surface area contributed by atoms with Gasteiger partial charge in [0.05, 0.1) is 11.3 Å². The maximum absolute atomic E-state index is 12.5. The summed E-state index contributed by atoms with van der Waals surface area (Å²) in [6.45, 7) is 0.300. The highest BCUT2D eigenvalue weighted by Crippen LogP contribution is 2.26. The van der Waals surface area contributed by atoms with Gasteiger partial charge in [0.1, 0.15) is 16.7 Å². The summed E-state index contributed by atoms with van der Waals surface area (Å²) < 4.78 is 41.2. The molecule has 2 aromatic heterocycles. The largest absolute Gasteiger partial charge is 0.478 e. The molecule has 2 aromatic carbocycles. The lowest BCUT2D eigenvalue weighted by Gasteiger charge is -2.07. The highest BCUT2D eigenvalue weighted by atomic mass is 32.2. The third-order valence-electron chi connectivity index (χ3n) is 4.51. The van der Waals surface area contributed by atoms with Gasteiger partial charge in [-0.25, -0.2) is 14.6 Å². The number of hydrogen-bond acceptors (Lipinski definition) is 8. The molecule has 0 saturated carbocycles. The Hall–Kier alpha value is -3.70. The van der Waals surface area contributed by atoms with Gasteiger partial charge in [0, 0.05) is 23.7 Å². The van der Waals surface area contributed by atoms with E-state index in [0.717, 1.165) is 0 Å². The van der Waals surface area contributed by atoms with Gasteiger partial charge < -0.3 is 19.3 Å². The maximum atomic E-state index is 12.5. The molecule has 0 bridgehead atoms. The summed E-state index contributed by atoms with van der Waals surface area (Å²) in [5.41, 5.74) is 1.02. The van der Waals surface area contributed by atoms with E-state index in [9.17, 15) is 18.0 Å². The van der Waals surface area contributed by atoms with E-state index < -0.39 is 21.7 Å². The number of rotatable bonds is 7. The molecule has 0 aliphatic carbocycles. The molecule has 0 amide bonds. The highest BCUT2D eigenvalue weighted by Gasteiger charge is 2.16. The number of benzene rings is 2. The number of nitrogens with one attached hydrogen (secondary N) is 1. The third-order valence-corrected chi connectivity index (χ3v) is 5.31. The standard InChI is InChI=1S/C20H16N2O8S/c23-19(24)12-3-5-16-15(9-12)22-18(29-16)14-8-11-2-4-13(10-17(11)30-20(14)25)21-6-1-7-31(26,27)28/h2-5,8-10,21H,1,6-7H2,(H,23,24)(H,26,27,28). The van der Waals surface area contributed by atoms with E-state index in [-0.39, 0.29) is 29.2 Å². The number of nitrogens with zero attached hydrogens (tertiary/aromatic N) is 1. The van der Waals surface area contributed by atoms with Crippen LogP contribution in [-0.2, 0) is 10.1 Å². The van der Waals surface area contributed by atoms with Crippen molar-refractivity contribution in [3.05, 3.63) is 58.4 Å². The van der Waals surface area contributed by atoms with E-state index in [1.165, 1.54) is 18.2 Å². The molecule has 3 N–H and O–H groups in total. The topological polar surface area (TPSA) is 160 Å². The second kappa shape index (κ2) is 7.85. The van der Waals surface area contributed by atoms with Gasteiger partial charge in [-0.15, -0.1) is 0 Å². The number of carboxylic acid groups (broad SMARTS) is 1. The summed E-state index contributed by atoms with van der Waals surface area (Å²) in [5, 5.41) is 12.7. The molecule has 160 valence electrons. The minimum absolute atomic E-state index is 0.0144. The molecule has 4 rings (SSSR count). The van der Waals surface area contributed by atoms with E-state index in [0.29, 0.717) is 34.3 Å². The molecule has 11 heteroatoms. The van der Waals surface area contributed by atoms with Crippen LogP contribution in [-0.4, -0.2) is 41.3 Å². The zero-order valence-electron chi connectivity index (χ0n) is 15.9. The van der Waals surface area contributed by atoms with E-state index >= 15 is 0 Å². The highest BCUT2D eigenvalue weighted by molar-refractivity contribution is 7.85. The normalized spacial score (nSPS) is 11.8. The van der Waals surface area contributed by atoms with Gasteiger partial charge in [-0.3, -0.25) is 4.55 Å². The predicted octanol–water partition coefficient (Wildman–Crippen LogP) is 2.99. The van der Waals surface area contributed by atoms with Crippen LogP contribution in [0.4, 0.5) is 5.69 Å². The van der Waals surface area contributed by atoms with Gasteiger partial charge in [0.2, 0.25) is 5.89 Å². The molecular weight excluding hydrogens is 428 g/mol. The Morgan fingerprint density at radius 2 is 1.87 bits per heavy atom. The first-order valence-electron chi connectivity index (χ1n) is 9.11. The minimum atomic E-state index is -4.01. The molecule has 0 spiro atoms. The number of aromatic carboxylic acids is 1. The van der Waals surface area contributed by atoms with E-state index in [4.69, 9.17) is 18.5 Å². The molecule has 0 aliphatic rings. The van der Waals surface area contributed by atoms with Crippen LogP contribution in [0.2, 0.25) is 0 Å². The Kier molecular flexibility index (Phi) is 5.21. The van der Waals surface area contributed by atoms with Gasteiger partial charge in [-0.1, -0.05) is 0 Å². The predicted molar refractivity (Wildman–Crippen MR) is 112 cm³/mol. The molecule has 0 saturated heterocycles. The Balaban J connectivity index is 1.61. The lowest BCUT2D eigenvalue weighted by Crippen LogP contribution is -2.10. The third kappa shape index (κ3) is 4.57. The summed E-state index contributed by atoms with van der Waals surface area (Å²) in [6.07, 6.45) is 0.209. The lowest BCUT2D eigenvalue weighted by atomic mass is 10.1. The first-order chi connectivity index (χ1) is 14.7. The maximum Gasteiger partial charge on any atom is 0.349 e. The van der Waals surface area contributed by atoms with E-state index in [1.807, 2.05) is 0 Å². The molecular formula is C20H16N2O8S. The number of carboxylic acids is 1. The second-order valence-electron chi connectivity index (χ2n) is 6.77. The smallest absolute Gasteiger partial charge is 0.349 e. The number of hydrogen-bond donors (Lipinski definition) is 3. The van der Waals surface area contributed by atoms with Crippen LogP contribution in [0.25, 0.3) is 33.5 Å². The van der Waals surface area contributed by atoms with Crippen LogP contribution in [0.1, 0.15) is 16.8 Å². The summed E-state index contributed by atoms with van der Waals surface area (Å²) in [5.74, 6) is -1.44.